The minimum absolute atomic E-state index is 0.186. The van der Waals surface area contributed by atoms with Crippen molar-refractivity contribution in [3.05, 3.63) is 48.0 Å². The van der Waals surface area contributed by atoms with Gasteiger partial charge >= 0.3 is 12.1 Å². The van der Waals surface area contributed by atoms with Crippen LogP contribution in [0.4, 0.5) is 4.79 Å². The summed E-state index contributed by atoms with van der Waals surface area (Å²) >= 11 is 0. The van der Waals surface area contributed by atoms with Crippen LogP contribution in [0.1, 0.15) is 18.4 Å². The number of ether oxygens (including phenoxy) is 1. The summed E-state index contributed by atoms with van der Waals surface area (Å²) in [4.78, 5) is 24.1. The van der Waals surface area contributed by atoms with Crippen LogP contribution in [-0.2, 0) is 16.1 Å². The van der Waals surface area contributed by atoms with E-state index in [4.69, 9.17) is 9.84 Å². The molecule has 1 aromatic carbocycles. The number of amides is 1. The lowest BCUT2D eigenvalue weighted by Crippen LogP contribution is -2.34. The molecule has 0 aliphatic carbocycles. The van der Waals surface area contributed by atoms with Gasteiger partial charge in [0, 0.05) is 12.6 Å². The zero-order valence-electron chi connectivity index (χ0n) is 11.1. The molecule has 0 unspecified atom stereocenters. The van der Waals surface area contributed by atoms with Crippen molar-refractivity contribution < 1.29 is 19.4 Å². The van der Waals surface area contributed by atoms with Gasteiger partial charge in [-0.05, 0) is 18.4 Å². The molecule has 1 atom stereocenters. The Balaban J connectivity index is 1.89. The van der Waals surface area contributed by atoms with E-state index in [9.17, 15) is 9.59 Å². The number of hydrogen-bond donors (Lipinski definition) is 1. The third-order valence-corrected chi connectivity index (χ3v) is 3.20. The zero-order valence-corrected chi connectivity index (χ0v) is 11.1. The Morgan fingerprint density at radius 1 is 1.35 bits per heavy atom. The first kappa shape index (κ1) is 14.1. The quantitative estimate of drug-likeness (QED) is 0.857. The Morgan fingerprint density at radius 3 is 2.80 bits per heavy atom. The third kappa shape index (κ3) is 3.85. The lowest BCUT2D eigenvalue weighted by molar-refractivity contribution is -0.131. The van der Waals surface area contributed by atoms with Gasteiger partial charge in [0.2, 0.25) is 0 Å². The van der Waals surface area contributed by atoms with E-state index in [0.29, 0.717) is 6.54 Å². The Labute approximate surface area is 117 Å². The van der Waals surface area contributed by atoms with Gasteiger partial charge in [-0.15, -0.1) is 0 Å². The molecule has 1 aliphatic rings. The topological polar surface area (TPSA) is 66.8 Å². The Kier molecular flexibility index (Phi) is 4.76. The molecule has 1 saturated heterocycles. The molecule has 0 saturated carbocycles. The van der Waals surface area contributed by atoms with Crippen LogP contribution in [0, 0.1) is 0 Å². The monoisotopic (exact) mass is 275 g/mol. The lowest BCUT2D eigenvalue weighted by atomic mass is 10.2. The van der Waals surface area contributed by atoms with Gasteiger partial charge in [-0.25, -0.2) is 9.59 Å². The number of aliphatic carboxylic acids is 1. The van der Waals surface area contributed by atoms with E-state index in [2.05, 4.69) is 0 Å². The minimum atomic E-state index is -1.01. The Bertz CT molecular complexity index is 498. The molecular weight excluding hydrogens is 258 g/mol. The van der Waals surface area contributed by atoms with Crippen molar-refractivity contribution in [3.63, 3.8) is 0 Å². The second-order valence-electron chi connectivity index (χ2n) is 4.64. The van der Waals surface area contributed by atoms with Crippen LogP contribution < -0.4 is 0 Å². The normalized spacial score (nSPS) is 18.4. The smallest absolute Gasteiger partial charge is 0.410 e. The number of carbonyl (C=O) groups is 2. The first-order valence-corrected chi connectivity index (χ1v) is 6.55. The van der Waals surface area contributed by atoms with E-state index in [-0.39, 0.29) is 12.6 Å². The van der Waals surface area contributed by atoms with Gasteiger partial charge < -0.3 is 14.7 Å². The van der Waals surface area contributed by atoms with Crippen molar-refractivity contribution in [2.45, 2.75) is 25.5 Å². The summed E-state index contributed by atoms with van der Waals surface area (Å²) in [5.74, 6) is -1.01. The van der Waals surface area contributed by atoms with Crippen molar-refractivity contribution in [2.75, 3.05) is 6.54 Å². The number of hydrogen-bond acceptors (Lipinski definition) is 3. The van der Waals surface area contributed by atoms with Gasteiger partial charge in [0.05, 0.1) is 6.04 Å². The summed E-state index contributed by atoms with van der Waals surface area (Å²) in [7, 11) is 0. The fraction of sp³-hybridized carbons (Fsp3) is 0.333. The highest BCUT2D eigenvalue weighted by atomic mass is 16.6. The molecule has 0 aromatic heterocycles. The van der Waals surface area contributed by atoms with Crippen LogP contribution in [0.25, 0.3) is 0 Å². The molecule has 1 aromatic rings. The molecule has 0 bridgehead atoms. The number of carbonyl (C=O) groups excluding carboxylic acids is 1. The molecule has 0 spiro atoms. The molecule has 0 radical (unpaired) electrons. The molecule has 1 fully saturated rings. The number of rotatable bonds is 4. The predicted molar refractivity (Wildman–Crippen MR) is 73.1 cm³/mol. The van der Waals surface area contributed by atoms with Crippen LogP contribution in [0.5, 0.6) is 0 Å². The second-order valence-corrected chi connectivity index (χ2v) is 4.64. The summed E-state index contributed by atoms with van der Waals surface area (Å²) in [5.41, 5.74) is 0.928. The van der Waals surface area contributed by atoms with Crippen LogP contribution >= 0.6 is 0 Å². The minimum Gasteiger partial charge on any atom is -0.478 e. The van der Waals surface area contributed by atoms with Crippen LogP contribution in [0.15, 0.2) is 42.5 Å². The zero-order chi connectivity index (χ0) is 14.4. The maximum absolute atomic E-state index is 12.0. The standard InChI is InChI=1S/C15H17NO4/c17-14(18)9-8-13-7-4-10-16(13)15(19)20-11-12-5-2-1-3-6-12/h1-3,5-6,8-9,13H,4,7,10-11H2,(H,17,18)/b9-8+/t13-/m1/s1. The molecule has 106 valence electrons. The molecule has 1 heterocycles. The first-order valence-electron chi connectivity index (χ1n) is 6.55. The summed E-state index contributed by atoms with van der Waals surface area (Å²) in [6.45, 7) is 0.827. The van der Waals surface area contributed by atoms with Gasteiger partial charge in [-0.1, -0.05) is 36.4 Å². The molecule has 5 nitrogen and oxygen atoms in total. The number of nitrogens with zero attached hydrogens (tertiary/aromatic N) is 1. The molecule has 5 heteroatoms. The number of benzene rings is 1. The molecule has 1 N–H and O–H groups in total. The Morgan fingerprint density at radius 2 is 2.10 bits per heavy atom. The van der Waals surface area contributed by atoms with Crippen molar-refractivity contribution in [2.24, 2.45) is 0 Å². The van der Waals surface area contributed by atoms with E-state index in [1.807, 2.05) is 30.3 Å². The third-order valence-electron chi connectivity index (χ3n) is 3.20. The van der Waals surface area contributed by atoms with E-state index in [0.717, 1.165) is 24.5 Å². The molecule has 20 heavy (non-hydrogen) atoms. The van der Waals surface area contributed by atoms with E-state index in [1.165, 1.54) is 0 Å². The van der Waals surface area contributed by atoms with Crippen molar-refractivity contribution >= 4 is 12.1 Å². The van der Waals surface area contributed by atoms with Crippen molar-refractivity contribution in [3.8, 4) is 0 Å². The van der Waals surface area contributed by atoms with E-state index >= 15 is 0 Å². The van der Waals surface area contributed by atoms with Crippen molar-refractivity contribution in [1.29, 1.82) is 0 Å². The molecule has 1 aliphatic heterocycles. The SMILES string of the molecule is O=C(O)/C=C/[C@H]1CCCN1C(=O)OCc1ccccc1. The largest absolute Gasteiger partial charge is 0.478 e. The van der Waals surface area contributed by atoms with Gasteiger partial charge in [0.1, 0.15) is 6.61 Å². The van der Waals surface area contributed by atoms with Crippen LogP contribution in [0.3, 0.4) is 0 Å². The fourth-order valence-electron chi connectivity index (χ4n) is 2.21. The second kappa shape index (κ2) is 6.75. The van der Waals surface area contributed by atoms with E-state index < -0.39 is 12.1 Å². The van der Waals surface area contributed by atoms with Gasteiger partial charge in [-0.2, -0.15) is 0 Å². The summed E-state index contributed by atoms with van der Waals surface area (Å²) < 4.78 is 5.25. The highest BCUT2D eigenvalue weighted by Crippen LogP contribution is 2.19. The van der Waals surface area contributed by atoms with Crippen molar-refractivity contribution in [1.82, 2.24) is 4.90 Å². The van der Waals surface area contributed by atoms with Crippen LogP contribution in [-0.4, -0.2) is 34.7 Å². The highest BCUT2D eigenvalue weighted by molar-refractivity contribution is 5.80. The van der Waals surface area contributed by atoms with Gasteiger partial charge in [-0.3, -0.25) is 0 Å². The number of carboxylic acids is 1. The van der Waals surface area contributed by atoms with Gasteiger partial charge in [0.25, 0.3) is 0 Å². The predicted octanol–water partition coefficient (Wildman–Crippen LogP) is 2.43. The molecular formula is C15H17NO4. The van der Waals surface area contributed by atoms with E-state index in [1.54, 1.807) is 11.0 Å². The number of likely N-dealkylation sites (tertiary alicyclic amines) is 1. The lowest BCUT2D eigenvalue weighted by Gasteiger charge is -2.21. The summed E-state index contributed by atoms with van der Waals surface area (Å²) in [6, 6.07) is 9.26. The molecule has 2 rings (SSSR count). The molecule has 1 amide bonds. The summed E-state index contributed by atoms with van der Waals surface area (Å²) in [5, 5.41) is 8.63. The average Bonchev–Trinajstić information content (AvgIpc) is 2.92. The maximum Gasteiger partial charge on any atom is 0.410 e. The van der Waals surface area contributed by atoms with Gasteiger partial charge in [0.15, 0.2) is 0 Å². The average molecular weight is 275 g/mol. The maximum atomic E-state index is 12.0. The summed E-state index contributed by atoms with van der Waals surface area (Å²) in [6.07, 6.45) is 3.85. The first-order chi connectivity index (χ1) is 9.66. The van der Waals surface area contributed by atoms with Crippen LogP contribution in [0.2, 0.25) is 0 Å². The Hall–Kier alpha value is -2.30. The fourth-order valence-corrected chi connectivity index (χ4v) is 2.21. The number of carboxylic acid groups (broad SMARTS) is 1. The highest BCUT2D eigenvalue weighted by Gasteiger charge is 2.28.